The highest BCUT2D eigenvalue weighted by Crippen LogP contribution is 2.77. The predicted molar refractivity (Wildman–Crippen MR) is 198 cm³/mol. The first-order chi connectivity index (χ1) is 23.6. The molecule has 8 nitrogen and oxygen atoms in total. The first-order valence-corrected chi connectivity index (χ1v) is 20.4. The fourth-order valence-corrected chi connectivity index (χ4v) is 13.7. The van der Waals surface area contributed by atoms with E-state index in [2.05, 4.69) is 53.8 Å². The second kappa shape index (κ2) is 13.2. The summed E-state index contributed by atoms with van der Waals surface area (Å²) in [4.78, 5) is 38.8. The van der Waals surface area contributed by atoms with Crippen molar-refractivity contribution in [2.75, 3.05) is 6.54 Å². The summed E-state index contributed by atoms with van der Waals surface area (Å²) < 4.78 is 6.16. The van der Waals surface area contributed by atoms with Gasteiger partial charge in [0.15, 0.2) is 5.78 Å². The van der Waals surface area contributed by atoms with Gasteiger partial charge in [-0.1, -0.05) is 54.0 Å². The number of ketones is 1. The van der Waals surface area contributed by atoms with Gasteiger partial charge in [-0.3, -0.25) is 14.4 Å². The molecule has 0 saturated heterocycles. The van der Waals surface area contributed by atoms with Gasteiger partial charge in [0, 0.05) is 29.8 Å². The molecule has 8 heteroatoms. The second-order valence-electron chi connectivity index (χ2n) is 20.5. The lowest BCUT2D eigenvalue weighted by Gasteiger charge is -2.72. The highest BCUT2D eigenvalue weighted by atomic mass is 16.5. The van der Waals surface area contributed by atoms with Crippen molar-refractivity contribution in [3.05, 3.63) is 11.1 Å². The van der Waals surface area contributed by atoms with Crippen molar-refractivity contribution in [3.8, 4) is 0 Å². The maximum atomic E-state index is 14.0. The van der Waals surface area contributed by atoms with Crippen LogP contribution in [0.3, 0.4) is 0 Å². The van der Waals surface area contributed by atoms with Crippen molar-refractivity contribution >= 4 is 17.7 Å². The Kier molecular flexibility index (Phi) is 10.1. The van der Waals surface area contributed by atoms with E-state index in [-0.39, 0.29) is 57.9 Å². The minimum atomic E-state index is -1.16. The van der Waals surface area contributed by atoms with E-state index in [0.717, 1.165) is 82.6 Å². The summed E-state index contributed by atoms with van der Waals surface area (Å²) in [6.45, 7) is 20.1. The molecule has 0 radical (unpaired) electrons. The van der Waals surface area contributed by atoms with Crippen LogP contribution in [0.5, 0.6) is 0 Å². The van der Waals surface area contributed by atoms with E-state index in [1.807, 2.05) is 0 Å². The van der Waals surface area contributed by atoms with E-state index in [9.17, 15) is 29.7 Å². The zero-order valence-electron chi connectivity index (χ0n) is 33.2. The molecule has 0 amide bonds. The van der Waals surface area contributed by atoms with Crippen molar-refractivity contribution in [1.82, 2.24) is 5.32 Å². The molecule has 0 heterocycles. The largest absolute Gasteiger partial charge is 0.481 e. The van der Waals surface area contributed by atoms with Gasteiger partial charge in [-0.15, -0.1) is 0 Å². The van der Waals surface area contributed by atoms with Crippen molar-refractivity contribution < 1.29 is 34.4 Å². The Morgan fingerprint density at radius 3 is 2.18 bits per heavy atom. The number of aliphatic hydroxyl groups is 2. The Morgan fingerprint density at radius 2 is 1.55 bits per heavy atom. The third-order valence-electron chi connectivity index (χ3n) is 16.8. The third-order valence-corrected chi connectivity index (χ3v) is 16.8. The van der Waals surface area contributed by atoms with Crippen LogP contribution in [0.15, 0.2) is 11.1 Å². The van der Waals surface area contributed by atoms with Crippen molar-refractivity contribution in [2.24, 2.45) is 56.2 Å². The molecule has 0 aliphatic heterocycles. The number of carboxylic acids is 1. The first-order valence-electron chi connectivity index (χ1n) is 20.4. The number of Topliss-reactive ketones (excluding diaryl/α,β-unsaturated/α-hetero) is 1. The van der Waals surface area contributed by atoms with Crippen LogP contribution in [0.2, 0.25) is 0 Å². The van der Waals surface area contributed by atoms with E-state index >= 15 is 0 Å². The molecule has 9 atom stereocenters. The molecule has 0 bridgehead atoms. The Hall–Kier alpha value is -1.77. The van der Waals surface area contributed by atoms with Gasteiger partial charge in [0.1, 0.15) is 6.10 Å². The number of carboxylic acid groups (broad SMARTS) is 1. The molecule has 6 aliphatic carbocycles. The summed E-state index contributed by atoms with van der Waals surface area (Å²) in [5.41, 5.74) is 0.519. The van der Waals surface area contributed by atoms with Crippen LogP contribution >= 0.6 is 0 Å². The Bertz CT molecular complexity index is 1420. The molecule has 0 aromatic heterocycles. The maximum Gasteiger partial charge on any atom is 0.309 e. The normalized spacial score (nSPS) is 42.8. The van der Waals surface area contributed by atoms with Crippen LogP contribution in [-0.4, -0.2) is 63.9 Å². The quantitative estimate of drug-likeness (QED) is 0.180. The van der Waals surface area contributed by atoms with Crippen molar-refractivity contribution in [1.29, 1.82) is 0 Å². The molecule has 5 saturated carbocycles. The number of nitrogens with one attached hydrogen (secondary N) is 1. The Morgan fingerprint density at radius 1 is 0.882 bits per heavy atom. The van der Waals surface area contributed by atoms with Crippen LogP contribution in [0.1, 0.15) is 152 Å². The minimum Gasteiger partial charge on any atom is -0.481 e. The van der Waals surface area contributed by atoms with Crippen LogP contribution in [0.25, 0.3) is 0 Å². The van der Waals surface area contributed by atoms with Gasteiger partial charge < -0.3 is 25.4 Å². The van der Waals surface area contributed by atoms with Crippen molar-refractivity contribution in [2.45, 2.75) is 177 Å². The average molecular weight is 712 g/mol. The molecule has 0 aromatic carbocycles. The lowest BCUT2D eigenvalue weighted by atomic mass is 9.33. The monoisotopic (exact) mass is 712 g/mol. The molecule has 4 N–H and O–H groups in total. The number of aliphatic carboxylic acids is 1. The van der Waals surface area contributed by atoms with Gasteiger partial charge in [0.25, 0.3) is 0 Å². The van der Waals surface area contributed by atoms with Crippen LogP contribution in [0.4, 0.5) is 0 Å². The smallest absolute Gasteiger partial charge is 0.309 e. The number of hydrogen-bond acceptors (Lipinski definition) is 7. The number of esters is 1. The summed E-state index contributed by atoms with van der Waals surface area (Å²) in [5, 5.41) is 35.5. The second-order valence-corrected chi connectivity index (χ2v) is 20.5. The molecule has 51 heavy (non-hydrogen) atoms. The van der Waals surface area contributed by atoms with Gasteiger partial charge in [-0.05, 0) is 136 Å². The molecule has 0 spiro atoms. The standard InChI is InChI=1S/C43H69NO7/c1-25(2)35-29(46)22-43(32(47)24-44-26-10-12-27(45)13-11-26)21-20-41(8)28(36(35)43)14-15-31-40(7)18-17-33(51-34(48)23-38(3,4)37(49)50)39(5,6)30(40)16-19-42(31,41)9/h25-28,30-33,44-45,47H,10-24H2,1-9H3,(H,49,50)/t26?,27?,28-,30+,31-,32?,33+,40+,41-,42-,43+/m1/s1. The molecule has 1 unspecified atom stereocenters. The summed E-state index contributed by atoms with van der Waals surface area (Å²) in [7, 11) is 0. The molecule has 6 rings (SSSR count). The number of allylic oxidation sites excluding steroid dienone is 1. The molecule has 6 aliphatic rings. The fraction of sp³-hybridized carbons (Fsp3) is 0.884. The highest BCUT2D eigenvalue weighted by Gasteiger charge is 2.70. The number of hydrogen-bond donors (Lipinski definition) is 4. The highest BCUT2D eigenvalue weighted by molar-refractivity contribution is 6.00. The molecular weight excluding hydrogens is 642 g/mol. The Labute approximate surface area is 307 Å². The molecule has 0 aromatic rings. The van der Waals surface area contributed by atoms with Gasteiger partial charge >= 0.3 is 11.9 Å². The van der Waals surface area contributed by atoms with Crippen LogP contribution < -0.4 is 5.32 Å². The molecule has 288 valence electrons. The number of ether oxygens (including phenoxy) is 1. The lowest BCUT2D eigenvalue weighted by molar-refractivity contribution is -0.235. The SMILES string of the molecule is CC(C)C1=C2[C@H]3CC[C@@H]4[C@@]5(C)CC[C@H](OC(=O)CC(C)(C)C(=O)O)C(C)(C)[C@@H]5CC[C@@]4(C)[C@]3(C)CC[C@@]2(C(O)CNC2CCC(O)CC2)CC1=O. The summed E-state index contributed by atoms with van der Waals surface area (Å²) in [5.74, 6) is 0.0855. The zero-order chi connectivity index (χ0) is 37.5. The zero-order valence-corrected chi connectivity index (χ0v) is 33.2. The number of carbonyl (C=O) groups is 3. The van der Waals surface area contributed by atoms with Gasteiger partial charge in [-0.25, -0.2) is 0 Å². The summed E-state index contributed by atoms with van der Waals surface area (Å²) in [6.07, 6.45) is 10.5. The molecular formula is C43H69NO7. The van der Waals surface area contributed by atoms with Crippen molar-refractivity contribution in [3.63, 3.8) is 0 Å². The number of carbonyl (C=O) groups excluding carboxylic acids is 2. The van der Waals surface area contributed by atoms with E-state index < -0.39 is 28.9 Å². The summed E-state index contributed by atoms with van der Waals surface area (Å²) in [6, 6.07) is 0.298. The maximum absolute atomic E-state index is 14.0. The van der Waals surface area contributed by atoms with Gasteiger partial charge in [0.2, 0.25) is 0 Å². The first kappa shape index (κ1) is 38.9. The third kappa shape index (κ3) is 6.08. The number of fused-ring (bicyclic) bond motifs is 7. The van der Waals surface area contributed by atoms with E-state index in [1.165, 1.54) is 5.57 Å². The van der Waals surface area contributed by atoms with Crippen LogP contribution in [0, 0.1) is 56.2 Å². The molecule has 5 fully saturated rings. The number of rotatable bonds is 9. The van der Waals surface area contributed by atoms with E-state index in [0.29, 0.717) is 30.8 Å². The fourth-order valence-electron chi connectivity index (χ4n) is 13.7. The predicted octanol–water partition coefficient (Wildman–Crippen LogP) is 7.63. The average Bonchev–Trinajstić information content (AvgIpc) is 3.35. The lowest BCUT2D eigenvalue weighted by Crippen LogP contribution is -2.66. The summed E-state index contributed by atoms with van der Waals surface area (Å²) >= 11 is 0. The van der Waals surface area contributed by atoms with Crippen LogP contribution in [-0.2, 0) is 19.1 Å². The Balaban J connectivity index is 1.26. The van der Waals surface area contributed by atoms with Gasteiger partial charge in [-0.2, -0.15) is 0 Å². The topological polar surface area (TPSA) is 133 Å². The minimum absolute atomic E-state index is 0.00395. The number of aliphatic hydroxyl groups excluding tert-OH is 2. The van der Waals surface area contributed by atoms with E-state index in [1.54, 1.807) is 13.8 Å². The van der Waals surface area contributed by atoms with E-state index in [4.69, 9.17) is 4.74 Å². The van der Waals surface area contributed by atoms with Gasteiger partial charge in [0.05, 0.1) is 24.0 Å².